The number of nitrogens with zero attached hydrogens (tertiary/aromatic N) is 5. The summed E-state index contributed by atoms with van der Waals surface area (Å²) < 4.78 is 65.7. The van der Waals surface area contributed by atoms with Crippen molar-refractivity contribution in [2.45, 2.75) is 166 Å². The van der Waals surface area contributed by atoms with Gasteiger partial charge in [-0.2, -0.15) is 0 Å². The molecule has 374 valence electrons. The van der Waals surface area contributed by atoms with Crippen LogP contribution in [0, 0.1) is 29.6 Å². The zero-order valence-electron chi connectivity index (χ0n) is 41.2. The summed E-state index contributed by atoms with van der Waals surface area (Å²) in [6, 6.07) is 5.19. The molecule has 4 heterocycles. The first-order valence-corrected chi connectivity index (χ1v) is 25.5. The third-order valence-corrected chi connectivity index (χ3v) is 15.5. The number of likely N-dealkylation sites (N-methyl/N-ethyl adjacent to an activating group) is 1. The highest BCUT2D eigenvalue weighted by Gasteiger charge is 2.52. The van der Waals surface area contributed by atoms with E-state index in [9.17, 15) is 37.4 Å². The fraction of sp³-hybridized carbons (Fsp3) is 0.714. The highest BCUT2D eigenvalue weighted by atomic mass is 32.2. The van der Waals surface area contributed by atoms with Crippen molar-refractivity contribution in [2.24, 2.45) is 34.6 Å². The van der Waals surface area contributed by atoms with E-state index in [1.165, 1.54) is 30.7 Å². The van der Waals surface area contributed by atoms with Gasteiger partial charge in [-0.15, -0.1) is 5.10 Å². The lowest BCUT2D eigenvalue weighted by Crippen LogP contribution is -2.60. The van der Waals surface area contributed by atoms with Crippen molar-refractivity contribution in [3.63, 3.8) is 0 Å². The second kappa shape index (κ2) is 22.3. The van der Waals surface area contributed by atoms with Gasteiger partial charge in [0.2, 0.25) is 5.91 Å². The zero-order chi connectivity index (χ0) is 49.8. The summed E-state index contributed by atoms with van der Waals surface area (Å²) in [6.45, 7) is 19.7. The number of hydrogen-bond acceptors (Lipinski definition) is 14. The minimum Gasteiger partial charge on any atom is -0.459 e. The lowest BCUT2D eigenvalue weighted by atomic mass is 9.68. The number of Topliss-reactive ketones (excluding diaryl/α,β-unsaturated/α-hetero) is 1. The Hall–Kier alpha value is -3.78. The number of esters is 1. The largest absolute Gasteiger partial charge is 0.459 e. The molecule has 18 heteroatoms. The molecule has 2 aromatic rings. The topological polar surface area (TPSA) is 209 Å². The molecule has 0 saturated carbocycles. The van der Waals surface area contributed by atoms with Crippen molar-refractivity contribution in [2.75, 3.05) is 33.1 Å². The number of aliphatic imine (C=N–C) groups is 1. The predicted molar refractivity (Wildman–Crippen MR) is 250 cm³/mol. The Bertz CT molecular complexity index is 2200. The second-order valence-electron chi connectivity index (χ2n) is 19.9. The summed E-state index contributed by atoms with van der Waals surface area (Å²) in [6.07, 6.45) is 0.303. The van der Waals surface area contributed by atoms with Crippen LogP contribution in [0.3, 0.4) is 0 Å². The zero-order valence-corrected chi connectivity index (χ0v) is 42.0. The Morgan fingerprint density at radius 3 is 2.42 bits per heavy atom. The van der Waals surface area contributed by atoms with Crippen molar-refractivity contribution in [1.82, 2.24) is 19.9 Å². The Morgan fingerprint density at radius 2 is 1.81 bits per heavy atom. The van der Waals surface area contributed by atoms with Crippen LogP contribution in [0.25, 0.3) is 0 Å². The number of rotatable bonds is 12. The molecule has 0 unspecified atom stereocenters. The number of cyclic esters (lactones) is 1. The molecule has 3 saturated heterocycles. The Labute approximate surface area is 396 Å². The molecule has 1 aromatic heterocycles. The molecule has 67 heavy (non-hydrogen) atoms. The molecule has 5 rings (SSSR count). The van der Waals surface area contributed by atoms with E-state index in [1.807, 2.05) is 39.6 Å². The molecule has 16 nitrogen and oxygen atoms in total. The van der Waals surface area contributed by atoms with E-state index in [0.717, 1.165) is 17.4 Å². The summed E-state index contributed by atoms with van der Waals surface area (Å²) in [5.74, 6) is -5.38. The number of aromatic nitrogens is 3. The maximum Gasteiger partial charge on any atom is 0.316 e. The lowest BCUT2D eigenvalue weighted by Gasteiger charge is -2.48. The van der Waals surface area contributed by atoms with Crippen molar-refractivity contribution >= 4 is 33.2 Å². The molecule has 3 aliphatic heterocycles. The number of ether oxygens (including phenoxy) is 4. The van der Waals surface area contributed by atoms with E-state index in [2.05, 4.69) is 21.9 Å². The van der Waals surface area contributed by atoms with Gasteiger partial charge in [-0.25, -0.2) is 22.5 Å². The Morgan fingerprint density at radius 1 is 1.13 bits per heavy atom. The van der Waals surface area contributed by atoms with E-state index in [0.29, 0.717) is 43.6 Å². The number of ketones is 1. The van der Waals surface area contributed by atoms with E-state index in [-0.39, 0.29) is 30.8 Å². The number of amides is 1. The average Bonchev–Trinajstić information content (AvgIpc) is 3.74. The number of fused-ring (bicyclic) bond motifs is 5. The number of carbonyl (C=O) groups is 3. The third-order valence-electron chi connectivity index (χ3n) is 14.4. The summed E-state index contributed by atoms with van der Waals surface area (Å²) in [5, 5.41) is 33.0. The quantitative estimate of drug-likeness (QED) is 0.154. The van der Waals surface area contributed by atoms with E-state index < -0.39 is 118 Å². The molecule has 1 amide bonds. The third kappa shape index (κ3) is 12.9. The van der Waals surface area contributed by atoms with E-state index >= 15 is 0 Å². The van der Waals surface area contributed by atoms with Crippen molar-refractivity contribution in [3.05, 3.63) is 53.9 Å². The van der Waals surface area contributed by atoms with Crippen molar-refractivity contribution < 1.29 is 56.4 Å². The first-order chi connectivity index (χ1) is 31.3. The normalized spacial score (nSPS) is 35.1. The molecule has 1 aromatic carbocycles. The smallest absolute Gasteiger partial charge is 0.316 e. The molecule has 0 aliphatic carbocycles. The maximum absolute atomic E-state index is 14.6. The summed E-state index contributed by atoms with van der Waals surface area (Å²) in [4.78, 5) is 48.0. The van der Waals surface area contributed by atoms with Gasteiger partial charge in [0.05, 0.1) is 41.0 Å². The van der Waals surface area contributed by atoms with Gasteiger partial charge in [0.1, 0.15) is 30.4 Å². The summed E-state index contributed by atoms with van der Waals surface area (Å²) in [7, 11) is -1.50. The average molecular weight is 960 g/mol. The van der Waals surface area contributed by atoms with Crippen molar-refractivity contribution in [3.8, 4) is 0 Å². The van der Waals surface area contributed by atoms with Crippen LogP contribution in [0.5, 0.6) is 0 Å². The maximum atomic E-state index is 14.6. The first kappa shape index (κ1) is 54.2. The molecular formula is C49H74FN5O11S. The predicted octanol–water partition coefficient (Wildman–Crippen LogP) is 5.48. The summed E-state index contributed by atoms with van der Waals surface area (Å²) >= 11 is 0. The molecule has 2 N–H and O–H groups in total. The second-order valence-corrected chi connectivity index (χ2v) is 21.9. The van der Waals surface area contributed by atoms with Gasteiger partial charge < -0.3 is 34.1 Å². The number of halogens is 1. The Kier molecular flexibility index (Phi) is 18.0. The molecular weight excluding hydrogens is 886 g/mol. The van der Waals surface area contributed by atoms with Crippen LogP contribution in [0.15, 0.2) is 52.5 Å². The van der Waals surface area contributed by atoms with Crippen LogP contribution >= 0.6 is 0 Å². The van der Waals surface area contributed by atoms with Gasteiger partial charge in [0.25, 0.3) is 0 Å². The van der Waals surface area contributed by atoms with Gasteiger partial charge in [0, 0.05) is 55.9 Å². The van der Waals surface area contributed by atoms with Gasteiger partial charge in [0.15, 0.2) is 21.9 Å². The highest BCUT2D eigenvalue weighted by molar-refractivity contribution is 7.90. The number of benzene rings is 1. The van der Waals surface area contributed by atoms with E-state index in [4.69, 9.17) is 18.9 Å². The standard InChI is InChI=1S/C49H74FN5O11S/c1-13-41-49(10,60)39-19-14-28(2)27-63-48(9,24-29(3)42(31(39)5)51-34(8)56)45(32(6)43(57)33(7)46(59)65-41)66-47-44(58)40(22-30(4)64-47)54(11)21-20-36-26-55(53-52-36)37(25-50)23-35-15-17-38(18-16-35)67(12,61)62/h15-18,26,29-33,37,39-41,44-45,47,58,60H,2,13-14,19-25,27H2,1,3-12H3/t29-,30-,31-,32+,33-,37+,39-,40+,41-,44-,45-,47+,48-,49+/m1/s1. The van der Waals surface area contributed by atoms with Gasteiger partial charge in [-0.3, -0.25) is 14.4 Å². The highest BCUT2D eigenvalue weighted by Crippen LogP contribution is 2.43. The van der Waals surface area contributed by atoms with Gasteiger partial charge in [-0.05, 0) is 103 Å². The molecule has 0 radical (unpaired) electrons. The Balaban J connectivity index is 1.43. The van der Waals surface area contributed by atoms with Gasteiger partial charge in [-0.1, -0.05) is 57.2 Å². The SMILES string of the molecule is C=C1CC[C@@H]2[C@@H](C)C(=NC(C)=O)[C@H](C)C[C@@](C)(OC1)[C@H](O[C@@H]1O[C@H](C)C[C@H](N(C)CCc3cn([C@H](CF)Cc4ccc(S(C)(=O)=O)cc4)nn3)[C@H]1O)[C@@H](C)C(=O)[C@@H](C)C(=O)O[C@H](CC)[C@@]2(C)O. The van der Waals surface area contributed by atoms with Crippen molar-refractivity contribution in [1.29, 1.82) is 0 Å². The number of sulfone groups is 1. The molecule has 3 aliphatic rings. The van der Waals surface area contributed by atoms with Crippen LogP contribution in [-0.2, 0) is 56.0 Å². The molecule has 3 fully saturated rings. The van der Waals surface area contributed by atoms with Crippen LogP contribution in [-0.4, -0.2) is 143 Å². The van der Waals surface area contributed by atoms with Gasteiger partial charge >= 0.3 is 5.97 Å². The molecule has 14 atom stereocenters. The number of hydrogen-bond donors (Lipinski definition) is 2. The number of carbonyl (C=O) groups excluding carboxylic acids is 3. The van der Waals surface area contributed by atoms with Crippen LogP contribution in [0.2, 0.25) is 0 Å². The monoisotopic (exact) mass is 960 g/mol. The molecule has 2 bridgehead atoms. The fourth-order valence-corrected chi connectivity index (χ4v) is 11.1. The fourth-order valence-electron chi connectivity index (χ4n) is 10.5. The summed E-state index contributed by atoms with van der Waals surface area (Å²) in [5.41, 5.74) is -0.263. The first-order valence-electron chi connectivity index (χ1n) is 23.6. The van der Waals surface area contributed by atoms with Crippen LogP contribution in [0.4, 0.5) is 4.39 Å². The molecule has 0 spiro atoms. The number of aliphatic hydroxyl groups is 2. The number of aliphatic hydroxyl groups excluding tert-OH is 1. The minimum atomic E-state index is -3.37. The van der Waals surface area contributed by atoms with Crippen LogP contribution < -0.4 is 0 Å². The lowest BCUT2D eigenvalue weighted by molar-refractivity contribution is -0.297. The van der Waals surface area contributed by atoms with Crippen LogP contribution in [0.1, 0.15) is 112 Å². The minimum absolute atomic E-state index is 0.0830. The van der Waals surface area contributed by atoms with E-state index in [1.54, 1.807) is 39.1 Å². The number of alkyl halides is 1.